The summed E-state index contributed by atoms with van der Waals surface area (Å²) in [6, 6.07) is 8.92. The quantitative estimate of drug-likeness (QED) is 0.938. The van der Waals surface area contributed by atoms with E-state index < -0.39 is 0 Å². The standard InChI is InChI=1S/C20H27N3O/c24-20(10-9-16-14-21-19-8-2-1-7-18(16)19)23-13-5-6-17(15-23)22-11-3-4-12-22/h1-2,7-8,14,17,21H,3-6,9-13,15H2/t17-/m1/s1. The van der Waals surface area contributed by atoms with Crippen LogP contribution in [-0.2, 0) is 11.2 Å². The third kappa shape index (κ3) is 3.20. The summed E-state index contributed by atoms with van der Waals surface area (Å²) < 4.78 is 0. The van der Waals surface area contributed by atoms with Gasteiger partial charge in [0.1, 0.15) is 0 Å². The van der Waals surface area contributed by atoms with E-state index in [1.807, 2.05) is 6.07 Å². The van der Waals surface area contributed by atoms with Crippen LogP contribution in [0.5, 0.6) is 0 Å². The molecule has 4 rings (SSSR count). The number of nitrogens with one attached hydrogen (secondary N) is 1. The third-order valence-electron chi connectivity index (χ3n) is 5.69. The van der Waals surface area contributed by atoms with E-state index in [9.17, 15) is 4.79 Å². The minimum Gasteiger partial charge on any atom is -0.361 e. The fourth-order valence-corrected chi connectivity index (χ4v) is 4.32. The molecule has 1 N–H and O–H groups in total. The average molecular weight is 325 g/mol. The number of nitrogens with zero attached hydrogens (tertiary/aromatic N) is 2. The van der Waals surface area contributed by atoms with E-state index in [1.165, 1.54) is 43.3 Å². The van der Waals surface area contributed by atoms with Crippen molar-refractivity contribution in [2.45, 2.75) is 44.6 Å². The Morgan fingerprint density at radius 2 is 1.96 bits per heavy atom. The van der Waals surface area contributed by atoms with Crippen LogP contribution in [0, 0.1) is 0 Å². The van der Waals surface area contributed by atoms with Crippen LogP contribution in [0.2, 0.25) is 0 Å². The number of benzene rings is 1. The number of rotatable bonds is 4. The smallest absolute Gasteiger partial charge is 0.222 e. The molecule has 4 nitrogen and oxygen atoms in total. The van der Waals surface area contributed by atoms with Crippen molar-refractivity contribution in [2.24, 2.45) is 0 Å². The van der Waals surface area contributed by atoms with E-state index in [0.717, 1.165) is 31.4 Å². The number of amides is 1. The number of aryl methyl sites for hydroxylation is 1. The Morgan fingerprint density at radius 3 is 2.83 bits per heavy atom. The monoisotopic (exact) mass is 325 g/mol. The van der Waals surface area contributed by atoms with Gasteiger partial charge in [0.25, 0.3) is 0 Å². The van der Waals surface area contributed by atoms with Crippen molar-refractivity contribution in [3.05, 3.63) is 36.0 Å². The topological polar surface area (TPSA) is 39.3 Å². The van der Waals surface area contributed by atoms with Gasteiger partial charge in [-0.15, -0.1) is 0 Å². The average Bonchev–Trinajstić information content (AvgIpc) is 3.30. The Morgan fingerprint density at radius 1 is 1.12 bits per heavy atom. The summed E-state index contributed by atoms with van der Waals surface area (Å²) in [5.41, 5.74) is 2.42. The molecule has 2 aliphatic heterocycles. The number of hydrogen-bond acceptors (Lipinski definition) is 2. The zero-order chi connectivity index (χ0) is 16.4. The molecule has 128 valence electrons. The first-order valence-electron chi connectivity index (χ1n) is 9.38. The molecule has 1 aromatic heterocycles. The van der Waals surface area contributed by atoms with Crippen molar-refractivity contribution in [3.63, 3.8) is 0 Å². The normalized spacial score (nSPS) is 22.3. The van der Waals surface area contributed by atoms with Crippen LogP contribution in [-0.4, -0.2) is 52.9 Å². The zero-order valence-corrected chi connectivity index (χ0v) is 14.3. The molecule has 0 radical (unpaired) electrons. The van der Waals surface area contributed by atoms with Crippen LogP contribution in [0.3, 0.4) is 0 Å². The Labute approximate surface area is 143 Å². The number of fused-ring (bicyclic) bond motifs is 1. The largest absolute Gasteiger partial charge is 0.361 e. The second-order valence-corrected chi connectivity index (χ2v) is 7.24. The number of piperidine rings is 1. The highest BCUT2D eigenvalue weighted by atomic mass is 16.2. The van der Waals surface area contributed by atoms with Gasteiger partial charge in [0, 0.05) is 42.7 Å². The Kier molecular flexibility index (Phi) is 4.56. The van der Waals surface area contributed by atoms with Crippen molar-refractivity contribution >= 4 is 16.8 Å². The first-order chi connectivity index (χ1) is 11.8. The van der Waals surface area contributed by atoms with Crippen molar-refractivity contribution in [3.8, 4) is 0 Å². The van der Waals surface area contributed by atoms with Gasteiger partial charge >= 0.3 is 0 Å². The van der Waals surface area contributed by atoms with Crippen LogP contribution in [0.15, 0.2) is 30.5 Å². The van der Waals surface area contributed by atoms with Crippen LogP contribution >= 0.6 is 0 Å². The van der Waals surface area contributed by atoms with Gasteiger partial charge in [-0.25, -0.2) is 0 Å². The van der Waals surface area contributed by atoms with Crippen molar-refractivity contribution in [2.75, 3.05) is 26.2 Å². The molecule has 0 saturated carbocycles. The van der Waals surface area contributed by atoms with Gasteiger partial charge in [0.15, 0.2) is 0 Å². The summed E-state index contributed by atoms with van der Waals surface area (Å²) in [6.45, 7) is 4.33. The van der Waals surface area contributed by atoms with E-state index in [0.29, 0.717) is 18.4 Å². The number of para-hydroxylation sites is 1. The molecule has 0 bridgehead atoms. The molecule has 1 aromatic carbocycles. The van der Waals surface area contributed by atoms with Gasteiger partial charge in [-0.3, -0.25) is 9.69 Å². The SMILES string of the molecule is O=C(CCc1c[nH]c2ccccc12)N1CCC[C@@H](N2CCCC2)C1. The third-order valence-corrected chi connectivity index (χ3v) is 5.69. The maximum Gasteiger partial charge on any atom is 0.222 e. The minimum absolute atomic E-state index is 0.323. The maximum atomic E-state index is 12.7. The lowest BCUT2D eigenvalue weighted by Gasteiger charge is -2.37. The van der Waals surface area contributed by atoms with Crippen molar-refractivity contribution in [1.29, 1.82) is 0 Å². The molecule has 2 aromatic rings. The highest BCUT2D eigenvalue weighted by molar-refractivity contribution is 5.84. The zero-order valence-electron chi connectivity index (χ0n) is 14.3. The Bertz CT molecular complexity index is 702. The van der Waals surface area contributed by atoms with Gasteiger partial charge in [0.2, 0.25) is 5.91 Å². The second kappa shape index (κ2) is 6.98. The van der Waals surface area contributed by atoms with E-state index in [4.69, 9.17) is 0 Å². The summed E-state index contributed by atoms with van der Waals surface area (Å²) in [7, 11) is 0. The molecule has 24 heavy (non-hydrogen) atoms. The van der Waals surface area contributed by atoms with Gasteiger partial charge < -0.3 is 9.88 Å². The Balaban J connectivity index is 1.35. The van der Waals surface area contributed by atoms with Crippen LogP contribution < -0.4 is 0 Å². The summed E-state index contributed by atoms with van der Waals surface area (Å²) in [5, 5.41) is 1.25. The summed E-state index contributed by atoms with van der Waals surface area (Å²) >= 11 is 0. The fraction of sp³-hybridized carbons (Fsp3) is 0.550. The first kappa shape index (κ1) is 15.7. The highest BCUT2D eigenvalue weighted by Gasteiger charge is 2.29. The molecule has 3 heterocycles. The fourth-order valence-electron chi connectivity index (χ4n) is 4.32. The molecule has 0 aliphatic carbocycles. The summed E-state index contributed by atoms with van der Waals surface area (Å²) in [5.74, 6) is 0.323. The van der Waals surface area contributed by atoms with Crippen molar-refractivity contribution < 1.29 is 4.79 Å². The van der Waals surface area contributed by atoms with Gasteiger partial charge in [0.05, 0.1) is 0 Å². The second-order valence-electron chi connectivity index (χ2n) is 7.24. The van der Waals surface area contributed by atoms with Crippen LogP contribution in [0.25, 0.3) is 10.9 Å². The molecule has 0 unspecified atom stereocenters. The number of aromatic amines is 1. The molecule has 2 saturated heterocycles. The number of hydrogen-bond donors (Lipinski definition) is 1. The van der Waals surface area contributed by atoms with Gasteiger partial charge in [-0.2, -0.15) is 0 Å². The van der Waals surface area contributed by atoms with E-state index in [2.05, 4.69) is 39.2 Å². The molecule has 1 atom stereocenters. The van der Waals surface area contributed by atoms with Crippen LogP contribution in [0.4, 0.5) is 0 Å². The highest BCUT2D eigenvalue weighted by Crippen LogP contribution is 2.22. The summed E-state index contributed by atoms with van der Waals surface area (Å²) in [6.07, 6.45) is 8.56. The lowest BCUT2D eigenvalue weighted by molar-refractivity contribution is -0.133. The number of carbonyl (C=O) groups is 1. The predicted octanol–water partition coefficient (Wildman–Crippen LogP) is 3.19. The number of likely N-dealkylation sites (tertiary alicyclic amines) is 2. The molecule has 2 aliphatic rings. The Hall–Kier alpha value is -1.81. The first-order valence-corrected chi connectivity index (χ1v) is 9.38. The van der Waals surface area contributed by atoms with E-state index >= 15 is 0 Å². The number of aromatic nitrogens is 1. The molecular weight excluding hydrogens is 298 g/mol. The lowest BCUT2D eigenvalue weighted by atomic mass is 10.0. The predicted molar refractivity (Wildman–Crippen MR) is 97.0 cm³/mol. The molecule has 4 heteroatoms. The molecule has 0 spiro atoms. The van der Waals surface area contributed by atoms with Crippen LogP contribution in [0.1, 0.15) is 37.7 Å². The number of carbonyl (C=O) groups excluding carboxylic acids is 1. The minimum atomic E-state index is 0.323. The number of H-pyrrole nitrogens is 1. The van der Waals surface area contributed by atoms with E-state index in [-0.39, 0.29) is 0 Å². The molecular formula is C20H27N3O. The lowest BCUT2D eigenvalue weighted by Crippen LogP contribution is -2.49. The van der Waals surface area contributed by atoms with Gasteiger partial charge in [-0.1, -0.05) is 18.2 Å². The molecule has 1 amide bonds. The maximum absolute atomic E-state index is 12.7. The molecule has 2 fully saturated rings. The van der Waals surface area contributed by atoms with E-state index in [1.54, 1.807) is 0 Å². The van der Waals surface area contributed by atoms with Crippen molar-refractivity contribution in [1.82, 2.24) is 14.8 Å². The summed E-state index contributed by atoms with van der Waals surface area (Å²) in [4.78, 5) is 20.7. The van der Waals surface area contributed by atoms with Gasteiger partial charge in [-0.05, 0) is 56.8 Å².